The van der Waals surface area contributed by atoms with Crippen molar-refractivity contribution in [3.8, 4) is 0 Å². The highest BCUT2D eigenvalue weighted by Crippen LogP contribution is 2.44. The topological polar surface area (TPSA) is 12.0 Å². The minimum Gasteiger partial charge on any atom is -0.309 e. The Labute approximate surface area is 104 Å². The zero-order valence-corrected chi connectivity index (χ0v) is 11.7. The summed E-state index contributed by atoms with van der Waals surface area (Å²) in [7, 11) is 0. The van der Waals surface area contributed by atoms with Crippen LogP contribution in [0.3, 0.4) is 0 Å². The Balaban J connectivity index is 2.09. The summed E-state index contributed by atoms with van der Waals surface area (Å²) < 4.78 is 1.29. The van der Waals surface area contributed by atoms with Crippen LogP contribution in [0.1, 0.15) is 42.7 Å². The van der Waals surface area contributed by atoms with Crippen LogP contribution in [-0.2, 0) is 0 Å². The van der Waals surface area contributed by atoms with E-state index in [0.717, 1.165) is 12.5 Å². The maximum Gasteiger partial charge on any atom is 0.0731 e. The smallest absolute Gasteiger partial charge is 0.0731 e. The van der Waals surface area contributed by atoms with Gasteiger partial charge in [-0.25, -0.2) is 0 Å². The van der Waals surface area contributed by atoms with Crippen molar-refractivity contribution in [1.82, 2.24) is 5.32 Å². The van der Waals surface area contributed by atoms with Crippen LogP contribution in [0.2, 0.25) is 0 Å². The molecule has 1 fully saturated rings. The molecule has 0 aliphatic heterocycles. The minimum atomic E-state index is 0.611. The number of halogens is 1. The van der Waals surface area contributed by atoms with Gasteiger partial charge in [0.05, 0.1) is 3.79 Å². The van der Waals surface area contributed by atoms with Gasteiger partial charge < -0.3 is 5.32 Å². The molecule has 15 heavy (non-hydrogen) atoms. The fraction of sp³-hybridized carbons (Fsp3) is 0.667. The highest BCUT2D eigenvalue weighted by Gasteiger charge is 2.32. The molecule has 0 radical (unpaired) electrons. The lowest BCUT2D eigenvalue weighted by Gasteiger charge is -2.15. The predicted molar refractivity (Wildman–Crippen MR) is 70.5 cm³/mol. The average Bonchev–Trinajstić information content (AvgIpc) is 2.97. The Bertz CT molecular complexity index is 311. The zero-order valence-electron chi connectivity index (χ0n) is 9.35. The summed E-state index contributed by atoms with van der Waals surface area (Å²) >= 11 is 5.51. The Morgan fingerprint density at radius 3 is 2.80 bits per heavy atom. The first-order chi connectivity index (χ1) is 7.22. The lowest BCUT2D eigenvalue weighted by Crippen LogP contribution is -2.22. The maximum absolute atomic E-state index is 3.68. The summed E-state index contributed by atoms with van der Waals surface area (Å²) in [6, 6.07) is 2.94. The molecule has 1 heterocycles. The van der Waals surface area contributed by atoms with Crippen molar-refractivity contribution in [2.45, 2.75) is 39.2 Å². The molecule has 1 saturated carbocycles. The number of thiophene rings is 1. The molecule has 1 aliphatic carbocycles. The standard InChI is InChI=1S/C12H18BrNS/c1-3-6-14-11(9-4-5-9)10-7-8(2)12(13)15-10/h7,9,11,14H,3-6H2,1-2H3. The van der Waals surface area contributed by atoms with Crippen molar-refractivity contribution in [1.29, 1.82) is 0 Å². The Kier molecular flexibility index (Phi) is 3.86. The van der Waals surface area contributed by atoms with Crippen LogP contribution >= 0.6 is 27.3 Å². The summed E-state index contributed by atoms with van der Waals surface area (Å²) in [5.74, 6) is 0.890. The van der Waals surface area contributed by atoms with Crippen molar-refractivity contribution >= 4 is 27.3 Å². The second-order valence-electron chi connectivity index (χ2n) is 4.37. The molecule has 1 aliphatic rings. The highest BCUT2D eigenvalue weighted by atomic mass is 79.9. The van der Waals surface area contributed by atoms with E-state index in [-0.39, 0.29) is 0 Å². The average molecular weight is 288 g/mol. The van der Waals surface area contributed by atoms with E-state index in [1.165, 1.54) is 33.5 Å². The molecule has 0 aromatic carbocycles. The van der Waals surface area contributed by atoms with Gasteiger partial charge in [-0.2, -0.15) is 0 Å². The van der Waals surface area contributed by atoms with Crippen LogP contribution in [0.15, 0.2) is 9.85 Å². The lowest BCUT2D eigenvalue weighted by atomic mass is 10.1. The summed E-state index contributed by atoms with van der Waals surface area (Å²) in [4.78, 5) is 1.51. The van der Waals surface area contributed by atoms with E-state index in [9.17, 15) is 0 Å². The van der Waals surface area contributed by atoms with Crippen LogP contribution in [0.5, 0.6) is 0 Å². The maximum atomic E-state index is 3.68. The molecule has 1 aromatic heterocycles. The number of hydrogen-bond donors (Lipinski definition) is 1. The van der Waals surface area contributed by atoms with E-state index < -0.39 is 0 Å². The van der Waals surface area contributed by atoms with Crippen LogP contribution in [0, 0.1) is 12.8 Å². The third kappa shape index (κ3) is 2.83. The van der Waals surface area contributed by atoms with Gasteiger partial charge in [0.2, 0.25) is 0 Å². The highest BCUT2D eigenvalue weighted by molar-refractivity contribution is 9.11. The fourth-order valence-corrected chi connectivity index (χ4v) is 3.61. The molecule has 84 valence electrons. The van der Waals surface area contributed by atoms with Crippen LogP contribution in [0.4, 0.5) is 0 Å². The lowest BCUT2D eigenvalue weighted by molar-refractivity contribution is 0.488. The summed E-state index contributed by atoms with van der Waals surface area (Å²) in [5.41, 5.74) is 1.37. The first-order valence-electron chi connectivity index (χ1n) is 5.71. The number of hydrogen-bond acceptors (Lipinski definition) is 2. The molecule has 0 spiro atoms. The van der Waals surface area contributed by atoms with Gasteiger partial charge in [0.25, 0.3) is 0 Å². The quantitative estimate of drug-likeness (QED) is 0.853. The van der Waals surface area contributed by atoms with Crippen LogP contribution in [-0.4, -0.2) is 6.54 Å². The molecule has 1 N–H and O–H groups in total. The first kappa shape index (κ1) is 11.6. The summed E-state index contributed by atoms with van der Waals surface area (Å²) in [5, 5.41) is 3.68. The summed E-state index contributed by atoms with van der Waals surface area (Å²) in [6.07, 6.45) is 4.01. The molecule has 0 saturated heterocycles. The third-order valence-corrected chi connectivity index (χ3v) is 5.11. The molecule has 1 nitrogen and oxygen atoms in total. The van der Waals surface area contributed by atoms with E-state index in [1.807, 2.05) is 11.3 Å². The van der Waals surface area contributed by atoms with E-state index in [2.05, 4.69) is 41.2 Å². The molecule has 0 bridgehead atoms. The normalized spacial score (nSPS) is 18.1. The second kappa shape index (κ2) is 4.98. The van der Waals surface area contributed by atoms with Crippen LogP contribution < -0.4 is 5.32 Å². The largest absolute Gasteiger partial charge is 0.309 e. The van der Waals surface area contributed by atoms with Gasteiger partial charge in [-0.3, -0.25) is 0 Å². The van der Waals surface area contributed by atoms with Gasteiger partial charge in [-0.05, 0) is 66.2 Å². The molecule has 1 aromatic rings. The van der Waals surface area contributed by atoms with Gasteiger partial charge in [0.15, 0.2) is 0 Å². The molecular weight excluding hydrogens is 270 g/mol. The molecule has 1 unspecified atom stereocenters. The predicted octanol–water partition coefficient (Wildman–Crippen LogP) is 4.27. The van der Waals surface area contributed by atoms with Gasteiger partial charge in [0, 0.05) is 10.9 Å². The Hall–Kier alpha value is 0.140. The SMILES string of the molecule is CCCNC(c1cc(C)c(Br)s1)C1CC1. The molecule has 0 amide bonds. The van der Waals surface area contributed by atoms with E-state index in [4.69, 9.17) is 0 Å². The molecule has 1 atom stereocenters. The van der Waals surface area contributed by atoms with E-state index >= 15 is 0 Å². The summed E-state index contributed by atoms with van der Waals surface area (Å²) in [6.45, 7) is 5.54. The van der Waals surface area contributed by atoms with Gasteiger partial charge in [-0.1, -0.05) is 6.92 Å². The first-order valence-corrected chi connectivity index (χ1v) is 7.32. The monoisotopic (exact) mass is 287 g/mol. The van der Waals surface area contributed by atoms with Crippen molar-refractivity contribution in [3.63, 3.8) is 0 Å². The minimum absolute atomic E-state index is 0.611. The second-order valence-corrected chi connectivity index (χ2v) is 6.78. The number of nitrogens with one attached hydrogen (secondary N) is 1. The molecule has 3 heteroatoms. The zero-order chi connectivity index (χ0) is 10.8. The van der Waals surface area contributed by atoms with Crippen molar-refractivity contribution in [3.05, 3.63) is 20.3 Å². The van der Waals surface area contributed by atoms with Gasteiger partial charge in [0.1, 0.15) is 0 Å². The molecule has 2 rings (SSSR count). The van der Waals surface area contributed by atoms with Gasteiger partial charge >= 0.3 is 0 Å². The van der Waals surface area contributed by atoms with Crippen molar-refractivity contribution < 1.29 is 0 Å². The fourth-order valence-electron chi connectivity index (χ4n) is 1.87. The Morgan fingerprint density at radius 1 is 1.60 bits per heavy atom. The third-order valence-electron chi connectivity index (χ3n) is 2.89. The number of aryl methyl sites for hydroxylation is 1. The van der Waals surface area contributed by atoms with E-state index in [0.29, 0.717) is 6.04 Å². The Morgan fingerprint density at radius 2 is 2.33 bits per heavy atom. The molecular formula is C12H18BrNS. The number of rotatable bonds is 5. The van der Waals surface area contributed by atoms with Crippen molar-refractivity contribution in [2.24, 2.45) is 5.92 Å². The van der Waals surface area contributed by atoms with Crippen LogP contribution in [0.25, 0.3) is 0 Å². The van der Waals surface area contributed by atoms with E-state index in [1.54, 1.807) is 0 Å². The van der Waals surface area contributed by atoms with Gasteiger partial charge in [-0.15, -0.1) is 11.3 Å². The van der Waals surface area contributed by atoms with Crippen molar-refractivity contribution in [2.75, 3.05) is 6.54 Å².